The molecule has 33 heavy (non-hydrogen) atoms. The predicted octanol–water partition coefficient (Wildman–Crippen LogP) is 5.96. The molecule has 1 aliphatic carbocycles. The van der Waals surface area contributed by atoms with Crippen molar-refractivity contribution in [1.82, 2.24) is 14.4 Å². The summed E-state index contributed by atoms with van der Waals surface area (Å²) >= 11 is 0. The first-order valence-electron chi connectivity index (χ1n) is 12.3. The van der Waals surface area contributed by atoms with Gasteiger partial charge in [0.15, 0.2) is 0 Å². The van der Waals surface area contributed by atoms with Crippen LogP contribution in [0.15, 0.2) is 42.5 Å². The molecule has 0 N–H and O–H groups in total. The van der Waals surface area contributed by atoms with Crippen molar-refractivity contribution in [1.29, 1.82) is 0 Å². The molecular formula is C28H34FN3O. The van der Waals surface area contributed by atoms with Crippen LogP contribution in [0.2, 0.25) is 0 Å². The summed E-state index contributed by atoms with van der Waals surface area (Å²) in [5.74, 6) is 0.356. The second-order valence-electron chi connectivity index (χ2n) is 10.1. The summed E-state index contributed by atoms with van der Waals surface area (Å²) in [4.78, 5) is 16.9. The number of nitrogens with zero attached hydrogens (tertiary/aromatic N) is 3. The lowest BCUT2D eigenvalue weighted by atomic mass is 9.81. The lowest BCUT2D eigenvalue weighted by Gasteiger charge is -2.33. The highest BCUT2D eigenvalue weighted by molar-refractivity contribution is 5.93. The maximum Gasteiger partial charge on any atom is 0.237 e. The van der Waals surface area contributed by atoms with E-state index < -0.39 is 0 Å². The van der Waals surface area contributed by atoms with Gasteiger partial charge in [-0.25, -0.2) is 4.39 Å². The van der Waals surface area contributed by atoms with Crippen molar-refractivity contribution in [3.63, 3.8) is 0 Å². The van der Waals surface area contributed by atoms with Crippen LogP contribution in [0.25, 0.3) is 22.2 Å². The van der Waals surface area contributed by atoms with Gasteiger partial charge >= 0.3 is 0 Å². The number of likely N-dealkylation sites (N-methyl/N-ethyl adjacent to an activating group) is 1. The summed E-state index contributed by atoms with van der Waals surface area (Å²) in [5, 5.41) is 1.31. The van der Waals surface area contributed by atoms with E-state index >= 15 is 0 Å². The molecule has 0 saturated heterocycles. The van der Waals surface area contributed by atoms with Crippen molar-refractivity contribution in [2.45, 2.75) is 57.5 Å². The lowest BCUT2D eigenvalue weighted by molar-refractivity contribution is -0.133. The minimum atomic E-state index is -0.246. The molecule has 4 nitrogen and oxygen atoms in total. The van der Waals surface area contributed by atoms with Gasteiger partial charge in [0.2, 0.25) is 5.91 Å². The van der Waals surface area contributed by atoms with E-state index in [1.165, 1.54) is 54.3 Å². The number of carbonyl (C=O) groups excluding carboxylic acids is 1. The van der Waals surface area contributed by atoms with Crippen LogP contribution in [0.1, 0.15) is 62.1 Å². The Bertz CT molecular complexity index is 1180. The molecule has 1 aromatic heterocycles. The Balaban J connectivity index is 1.75. The smallest absolute Gasteiger partial charge is 0.237 e. The second-order valence-corrected chi connectivity index (χ2v) is 10.1. The molecule has 5 rings (SSSR count). The van der Waals surface area contributed by atoms with Gasteiger partial charge in [0.1, 0.15) is 5.82 Å². The van der Waals surface area contributed by atoms with Crippen LogP contribution >= 0.6 is 0 Å². The summed E-state index contributed by atoms with van der Waals surface area (Å²) in [6.45, 7) is 3.61. The Morgan fingerprint density at radius 2 is 1.85 bits per heavy atom. The van der Waals surface area contributed by atoms with Crippen molar-refractivity contribution in [3.8, 4) is 11.3 Å². The number of rotatable bonds is 3. The first-order chi connectivity index (χ1) is 15.9. The molecule has 2 aliphatic rings. The molecular weight excluding hydrogens is 413 g/mol. The van der Waals surface area contributed by atoms with Gasteiger partial charge in [-0.3, -0.25) is 4.79 Å². The van der Waals surface area contributed by atoms with Gasteiger partial charge in [0.25, 0.3) is 0 Å². The van der Waals surface area contributed by atoms with E-state index in [9.17, 15) is 9.18 Å². The predicted molar refractivity (Wildman–Crippen MR) is 132 cm³/mol. The normalized spacial score (nSPS) is 19.3. The molecule has 3 aromatic rings. The fourth-order valence-corrected chi connectivity index (χ4v) is 5.98. The van der Waals surface area contributed by atoms with Gasteiger partial charge in [-0.1, -0.05) is 37.5 Å². The number of hydrogen-bond acceptors (Lipinski definition) is 2. The van der Waals surface area contributed by atoms with Crippen molar-refractivity contribution < 1.29 is 9.18 Å². The highest BCUT2D eigenvalue weighted by atomic mass is 19.1. The Kier molecular flexibility index (Phi) is 6.00. The summed E-state index contributed by atoms with van der Waals surface area (Å²) in [6, 6.07) is 14.0. The van der Waals surface area contributed by atoms with E-state index in [1.807, 2.05) is 30.0 Å². The van der Waals surface area contributed by atoms with E-state index in [1.54, 1.807) is 12.1 Å². The highest BCUT2D eigenvalue weighted by Crippen LogP contribution is 2.46. The van der Waals surface area contributed by atoms with Crippen LogP contribution in [-0.4, -0.2) is 47.5 Å². The summed E-state index contributed by atoms with van der Waals surface area (Å²) in [5.41, 5.74) is 5.86. The third kappa shape index (κ3) is 4.08. The number of benzene rings is 2. The first-order valence-corrected chi connectivity index (χ1v) is 12.3. The van der Waals surface area contributed by atoms with Gasteiger partial charge in [0.05, 0.1) is 12.2 Å². The van der Waals surface area contributed by atoms with Gasteiger partial charge < -0.3 is 14.4 Å². The topological polar surface area (TPSA) is 28.5 Å². The van der Waals surface area contributed by atoms with E-state index in [4.69, 9.17) is 0 Å². The molecule has 1 aliphatic heterocycles. The fraction of sp³-hybridized carbons (Fsp3) is 0.464. The molecule has 1 unspecified atom stereocenters. The van der Waals surface area contributed by atoms with Crippen LogP contribution < -0.4 is 0 Å². The molecule has 2 heterocycles. The van der Waals surface area contributed by atoms with Gasteiger partial charge in [-0.05, 0) is 75.2 Å². The molecule has 5 heteroatoms. The van der Waals surface area contributed by atoms with Crippen LogP contribution in [0.5, 0.6) is 0 Å². The van der Waals surface area contributed by atoms with Crippen molar-refractivity contribution in [3.05, 3.63) is 59.4 Å². The third-order valence-electron chi connectivity index (χ3n) is 7.38. The summed E-state index contributed by atoms with van der Waals surface area (Å²) in [6.07, 6.45) is 6.26. The molecule has 174 valence electrons. The molecule has 1 amide bonds. The van der Waals surface area contributed by atoms with Crippen LogP contribution in [0.4, 0.5) is 4.39 Å². The van der Waals surface area contributed by atoms with Crippen molar-refractivity contribution in [2.24, 2.45) is 0 Å². The van der Waals surface area contributed by atoms with E-state index in [2.05, 4.69) is 35.8 Å². The van der Waals surface area contributed by atoms with E-state index in [0.29, 0.717) is 25.6 Å². The average Bonchev–Trinajstić information content (AvgIpc) is 3.12. The zero-order valence-corrected chi connectivity index (χ0v) is 20.0. The van der Waals surface area contributed by atoms with E-state index in [-0.39, 0.29) is 17.8 Å². The highest BCUT2D eigenvalue weighted by Gasteiger charge is 2.32. The molecule has 0 bridgehead atoms. The Hall–Kier alpha value is -2.66. The molecule has 2 aromatic carbocycles. The quantitative estimate of drug-likeness (QED) is 0.496. The minimum absolute atomic E-state index is 0.0782. The van der Waals surface area contributed by atoms with Crippen molar-refractivity contribution in [2.75, 3.05) is 27.2 Å². The largest absolute Gasteiger partial charge is 0.336 e. The van der Waals surface area contributed by atoms with Crippen LogP contribution in [-0.2, 0) is 11.3 Å². The van der Waals surface area contributed by atoms with Crippen LogP contribution in [0.3, 0.4) is 0 Å². The Morgan fingerprint density at radius 1 is 1.09 bits per heavy atom. The first kappa shape index (κ1) is 22.1. The number of hydrogen-bond donors (Lipinski definition) is 0. The molecule has 1 saturated carbocycles. The van der Waals surface area contributed by atoms with Gasteiger partial charge in [-0.15, -0.1) is 0 Å². The molecule has 0 radical (unpaired) electrons. The number of carbonyl (C=O) groups is 1. The number of fused-ring (bicyclic) bond motifs is 5. The maximum atomic E-state index is 14.5. The average molecular weight is 448 g/mol. The van der Waals surface area contributed by atoms with Gasteiger partial charge in [0, 0.05) is 35.6 Å². The van der Waals surface area contributed by atoms with Crippen LogP contribution in [0, 0.1) is 5.82 Å². The Labute approximate surface area is 196 Å². The number of aromatic nitrogens is 1. The number of amides is 1. The molecule has 1 fully saturated rings. The lowest BCUT2D eigenvalue weighted by Crippen LogP contribution is -2.41. The van der Waals surface area contributed by atoms with Gasteiger partial charge in [-0.2, -0.15) is 0 Å². The zero-order valence-electron chi connectivity index (χ0n) is 20.0. The SMILES string of the molecule is CC1CN(C(=O)CN(C)C)Cc2cc(F)ccc2-c2c(C3CCCCC3)c3ccccc3n21. The maximum absolute atomic E-state index is 14.5. The second kappa shape index (κ2) is 8.94. The fourth-order valence-electron chi connectivity index (χ4n) is 5.98. The molecule has 0 spiro atoms. The zero-order chi connectivity index (χ0) is 23.1. The summed E-state index contributed by atoms with van der Waals surface area (Å²) < 4.78 is 16.9. The van der Waals surface area contributed by atoms with E-state index in [0.717, 1.165) is 11.1 Å². The number of halogens is 1. The Morgan fingerprint density at radius 3 is 2.61 bits per heavy atom. The number of para-hydroxylation sites is 1. The summed E-state index contributed by atoms with van der Waals surface area (Å²) in [7, 11) is 3.82. The monoisotopic (exact) mass is 447 g/mol. The minimum Gasteiger partial charge on any atom is -0.336 e. The van der Waals surface area contributed by atoms with Crippen molar-refractivity contribution >= 4 is 16.8 Å². The standard InChI is InChI=1S/C28H34FN3O/c1-19-16-31(26(33)18-30(2)3)17-21-15-22(29)13-14-23(21)28-27(20-9-5-4-6-10-20)24-11-7-8-12-25(24)32(19)28/h7-8,11-15,19-20H,4-6,9-10,16-18H2,1-3H3. The molecule has 1 atom stereocenters. The third-order valence-corrected chi connectivity index (χ3v) is 7.38.